The van der Waals surface area contributed by atoms with E-state index < -0.39 is 0 Å². The Balaban J connectivity index is 2.89. The minimum Gasteiger partial charge on any atom is -0.0862 e. The van der Waals surface area contributed by atoms with Crippen molar-refractivity contribution in [2.24, 2.45) is 0 Å². The van der Waals surface area contributed by atoms with E-state index in [1.165, 1.54) is 32.1 Å². The van der Waals surface area contributed by atoms with Gasteiger partial charge in [0.25, 0.3) is 0 Å². The molecule has 0 fully saturated rings. The van der Waals surface area contributed by atoms with Crippen LogP contribution in [0.5, 0.6) is 0 Å². The molecule has 0 aromatic carbocycles. The van der Waals surface area contributed by atoms with Gasteiger partial charge in [-0.05, 0) is 27.6 Å². The third-order valence-electron chi connectivity index (χ3n) is 1.62. The zero-order valence-electron chi connectivity index (χ0n) is 6.90. The summed E-state index contributed by atoms with van der Waals surface area (Å²) in [5, 5.41) is 0.859. The Hall–Kier alpha value is 1.08. The highest BCUT2D eigenvalue weighted by Crippen LogP contribution is 2.23. The van der Waals surface area contributed by atoms with Crippen molar-refractivity contribution < 1.29 is 0 Å². The quantitative estimate of drug-likeness (QED) is 0.509. The first-order chi connectivity index (χ1) is 4.81. The summed E-state index contributed by atoms with van der Waals surface area (Å²) >= 11 is 2.39. The molecule has 0 heterocycles. The van der Waals surface area contributed by atoms with Gasteiger partial charge in [0.05, 0.1) is 0 Å². The highest BCUT2D eigenvalue weighted by Gasteiger charge is 1.98. The zero-order valence-corrected chi connectivity index (χ0v) is 9.87. The lowest BCUT2D eigenvalue weighted by molar-refractivity contribution is 0.632. The van der Waals surface area contributed by atoms with E-state index in [2.05, 4.69) is 35.1 Å². The first kappa shape index (κ1) is 11.1. The van der Waals surface area contributed by atoms with Gasteiger partial charge in [0, 0.05) is 5.25 Å². The van der Waals surface area contributed by atoms with Crippen LogP contribution in [-0.4, -0.2) is 5.25 Å². The number of unbranched alkanes of at least 4 members (excludes halogenated alkanes) is 3. The molecule has 0 rings (SSSR count). The molecule has 0 aromatic heterocycles. The Morgan fingerprint density at radius 2 is 2.00 bits per heavy atom. The highest BCUT2D eigenvalue weighted by molar-refractivity contribution is 14.2. The molecule has 0 spiro atoms. The molecule has 0 N–H and O–H groups in total. The van der Waals surface area contributed by atoms with Crippen molar-refractivity contribution in [3.05, 3.63) is 0 Å². The van der Waals surface area contributed by atoms with Gasteiger partial charge in [0.2, 0.25) is 0 Å². The first-order valence-corrected chi connectivity index (χ1v) is 7.51. The Bertz CT molecular complexity index is 66.3. The van der Waals surface area contributed by atoms with Crippen LogP contribution in [-0.2, 0) is 0 Å². The lowest BCUT2D eigenvalue weighted by atomic mass is 10.1. The lowest BCUT2D eigenvalue weighted by Crippen LogP contribution is -1.91. The number of halogens is 1. The summed E-state index contributed by atoms with van der Waals surface area (Å²) in [6.45, 7) is 4.57. The summed E-state index contributed by atoms with van der Waals surface area (Å²) in [5.74, 6) is 0. The van der Waals surface area contributed by atoms with E-state index in [1.807, 2.05) is 8.93 Å². The molecule has 0 aliphatic carbocycles. The third-order valence-corrected chi connectivity index (χ3v) is 4.76. The number of rotatable bonds is 6. The number of hydrogen-bond donors (Lipinski definition) is 0. The maximum Gasteiger partial charge on any atom is 0.0119 e. The molecule has 2 heteroatoms. The highest BCUT2D eigenvalue weighted by atomic mass is 127. The molecule has 0 saturated heterocycles. The monoisotopic (exact) mass is 272 g/mol. The summed E-state index contributed by atoms with van der Waals surface area (Å²) in [5.41, 5.74) is 0. The van der Waals surface area contributed by atoms with Crippen LogP contribution in [0.1, 0.15) is 46.0 Å². The fraction of sp³-hybridized carbons (Fsp3) is 1.00. The summed E-state index contributed by atoms with van der Waals surface area (Å²) in [6, 6.07) is 0. The summed E-state index contributed by atoms with van der Waals surface area (Å²) in [6.07, 6.45) is 7.01. The molecule has 0 aliphatic heterocycles. The van der Waals surface area contributed by atoms with Crippen molar-refractivity contribution in [2.75, 3.05) is 0 Å². The minimum absolute atomic E-state index is 0.859. The largest absolute Gasteiger partial charge is 0.0862 e. The molecule has 1 atom stereocenters. The Morgan fingerprint density at radius 3 is 2.50 bits per heavy atom. The van der Waals surface area contributed by atoms with Gasteiger partial charge in [-0.25, -0.2) is 0 Å². The first-order valence-electron chi connectivity index (χ1n) is 4.08. The Morgan fingerprint density at radius 1 is 1.30 bits per heavy atom. The van der Waals surface area contributed by atoms with E-state index in [0.29, 0.717) is 0 Å². The number of hydrogen-bond acceptors (Lipinski definition) is 1. The molecule has 10 heavy (non-hydrogen) atoms. The van der Waals surface area contributed by atoms with Gasteiger partial charge in [0.15, 0.2) is 0 Å². The summed E-state index contributed by atoms with van der Waals surface area (Å²) in [7, 11) is 1.95. The van der Waals surface area contributed by atoms with Crippen molar-refractivity contribution in [1.82, 2.24) is 0 Å². The van der Waals surface area contributed by atoms with Crippen molar-refractivity contribution in [2.45, 2.75) is 51.2 Å². The van der Waals surface area contributed by atoms with Crippen LogP contribution >= 0.6 is 30.1 Å². The molecule has 0 aliphatic rings. The maximum atomic E-state index is 2.39. The average molecular weight is 272 g/mol. The lowest BCUT2D eigenvalue weighted by Gasteiger charge is -2.04. The van der Waals surface area contributed by atoms with E-state index in [0.717, 1.165) is 5.25 Å². The van der Waals surface area contributed by atoms with Crippen LogP contribution in [0.4, 0.5) is 0 Å². The minimum atomic E-state index is 0.859. The molecular formula is C8H17IS. The molecule has 0 aromatic rings. The molecule has 1 unspecified atom stereocenters. The van der Waals surface area contributed by atoms with Crippen LogP contribution in [0.15, 0.2) is 0 Å². The fourth-order valence-corrected chi connectivity index (χ4v) is 1.92. The predicted octanol–water partition coefficient (Wildman–Crippen LogP) is 4.43. The zero-order chi connectivity index (χ0) is 7.82. The molecular weight excluding hydrogens is 255 g/mol. The molecule has 0 amide bonds. The van der Waals surface area contributed by atoms with Crippen molar-refractivity contribution in [1.29, 1.82) is 0 Å². The Kier molecular flexibility index (Phi) is 9.06. The van der Waals surface area contributed by atoms with E-state index in [4.69, 9.17) is 0 Å². The van der Waals surface area contributed by atoms with Gasteiger partial charge in [-0.15, -0.1) is 0 Å². The Labute approximate surface area is 81.1 Å². The smallest absolute Gasteiger partial charge is 0.0119 e. The van der Waals surface area contributed by atoms with E-state index in [1.54, 1.807) is 0 Å². The van der Waals surface area contributed by atoms with Gasteiger partial charge in [-0.1, -0.05) is 48.5 Å². The van der Waals surface area contributed by atoms with Gasteiger partial charge in [-0.2, -0.15) is 0 Å². The normalized spacial score (nSPS) is 13.5. The van der Waals surface area contributed by atoms with Crippen LogP contribution in [0, 0.1) is 0 Å². The fourth-order valence-electron chi connectivity index (χ4n) is 0.903. The van der Waals surface area contributed by atoms with Crippen molar-refractivity contribution >= 4 is 30.1 Å². The van der Waals surface area contributed by atoms with Gasteiger partial charge in [-0.3, -0.25) is 0 Å². The second-order valence-corrected chi connectivity index (χ2v) is 5.26. The topological polar surface area (TPSA) is 0 Å². The van der Waals surface area contributed by atoms with Crippen LogP contribution in [0.2, 0.25) is 0 Å². The van der Waals surface area contributed by atoms with Gasteiger partial charge >= 0.3 is 0 Å². The summed E-state index contributed by atoms with van der Waals surface area (Å²) in [4.78, 5) is 0. The van der Waals surface area contributed by atoms with Gasteiger partial charge in [0.1, 0.15) is 0 Å². The third kappa shape index (κ3) is 7.19. The molecule has 0 nitrogen and oxygen atoms in total. The average Bonchev–Trinajstić information content (AvgIpc) is 1.98. The van der Waals surface area contributed by atoms with E-state index >= 15 is 0 Å². The van der Waals surface area contributed by atoms with Crippen molar-refractivity contribution in [3.8, 4) is 0 Å². The van der Waals surface area contributed by atoms with Crippen LogP contribution < -0.4 is 0 Å². The second kappa shape index (κ2) is 8.18. The standard InChI is InChI=1S/C8H17IS/c1-3-4-5-6-7-8(2)10-9/h8H,3-7H2,1-2H3. The van der Waals surface area contributed by atoms with Gasteiger partial charge < -0.3 is 0 Å². The molecule has 0 saturated carbocycles. The summed E-state index contributed by atoms with van der Waals surface area (Å²) < 4.78 is 0. The van der Waals surface area contributed by atoms with E-state index in [-0.39, 0.29) is 0 Å². The van der Waals surface area contributed by atoms with Crippen LogP contribution in [0.25, 0.3) is 0 Å². The molecule has 62 valence electrons. The van der Waals surface area contributed by atoms with Crippen LogP contribution in [0.3, 0.4) is 0 Å². The van der Waals surface area contributed by atoms with Crippen molar-refractivity contribution in [3.63, 3.8) is 0 Å². The maximum absolute atomic E-state index is 2.39. The molecule has 0 radical (unpaired) electrons. The second-order valence-electron chi connectivity index (χ2n) is 2.75. The SMILES string of the molecule is CCCCCCC(C)SI. The predicted molar refractivity (Wildman–Crippen MR) is 59.8 cm³/mol. The molecule has 0 bridgehead atoms. The van der Waals surface area contributed by atoms with E-state index in [9.17, 15) is 0 Å².